The number of nitrogens with one attached hydrogen (secondary N) is 1. The van der Waals surface area contributed by atoms with Crippen molar-refractivity contribution in [3.8, 4) is 6.07 Å². The zero-order chi connectivity index (χ0) is 11.3. The van der Waals surface area contributed by atoms with Crippen molar-refractivity contribution in [3.05, 3.63) is 0 Å². The van der Waals surface area contributed by atoms with E-state index in [0.29, 0.717) is 6.04 Å². The minimum Gasteiger partial charge on any atom is -0.378 e. The Labute approximate surface area is 92.8 Å². The van der Waals surface area contributed by atoms with Gasteiger partial charge >= 0.3 is 0 Å². The fourth-order valence-electron chi connectivity index (χ4n) is 2.42. The predicted molar refractivity (Wildman–Crippen MR) is 60.5 cm³/mol. The van der Waals surface area contributed by atoms with Crippen LogP contribution in [0.2, 0.25) is 0 Å². The summed E-state index contributed by atoms with van der Waals surface area (Å²) >= 11 is 0. The van der Waals surface area contributed by atoms with Crippen LogP contribution in [0.3, 0.4) is 0 Å². The van der Waals surface area contributed by atoms with Crippen LogP contribution in [0.1, 0.15) is 46.5 Å². The quantitative estimate of drug-likeness (QED) is 0.774. The molecular weight excluding hydrogens is 188 g/mol. The van der Waals surface area contributed by atoms with E-state index in [2.05, 4.69) is 25.2 Å². The Bertz CT molecular complexity index is 232. The first-order valence-electron chi connectivity index (χ1n) is 5.92. The van der Waals surface area contributed by atoms with E-state index in [9.17, 15) is 5.26 Å². The molecule has 1 aliphatic rings. The Balaban J connectivity index is 2.60. The number of ether oxygens (including phenoxy) is 1. The highest BCUT2D eigenvalue weighted by atomic mass is 16.5. The SMILES string of the molecule is CCOC1CCCC(C#N)(NC(C)C)C1. The highest BCUT2D eigenvalue weighted by Gasteiger charge is 2.37. The van der Waals surface area contributed by atoms with Crippen molar-refractivity contribution in [3.63, 3.8) is 0 Å². The van der Waals surface area contributed by atoms with Crippen LogP contribution in [0.4, 0.5) is 0 Å². The molecule has 0 radical (unpaired) electrons. The van der Waals surface area contributed by atoms with Crippen LogP contribution >= 0.6 is 0 Å². The summed E-state index contributed by atoms with van der Waals surface area (Å²) in [6, 6.07) is 2.80. The summed E-state index contributed by atoms with van der Waals surface area (Å²) in [7, 11) is 0. The average molecular weight is 210 g/mol. The van der Waals surface area contributed by atoms with Gasteiger partial charge in [0.1, 0.15) is 5.54 Å². The van der Waals surface area contributed by atoms with E-state index in [1.807, 2.05) is 6.92 Å². The Morgan fingerprint density at radius 1 is 1.60 bits per heavy atom. The molecule has 0 heterocycles. The molecule has 1 rings (SSSR count). The van der Waals surface area contributed by atoms with Crippen molar-refractivity contribution in [2.24, 2.45) is 0 Å². The molecule has 86 valence electrons. The van der Waals surface area contributed by atoms with E-state index in [1.54, 1.807) is 0 Å². The van der Waals surface area contributed by atoms with Crippen molar-refractivity contribution in [2.75, 3.05) is 6.61 Å². The molecule has 1 aliphatic carbocycles. The van der Waals surface area contributed by atoms with Gasteiger partial charge in [0.2, 0.25) is 0 Å². The van der Waals surface area contributed by atoms with Gasteiger partial charge in [-0.25, -0.2) is 0 Å². The minimum atomic E-state index is -0.355. The van der Waals surface area contributed by atoms with Crippen LogP contribution in [0.25, 0.3) is 0 Å². The van der Waals surface area contributed by atoms with E-state index in [0.717, 1.165) is 32.3 Å². The maximum atomic E-state index is 9.31. The van der Waals surface area contributed by atoms with E-state index >= 15 is 0 Å². The largest absolute Gasteiger partial charge is 0.378 e. The van der Waals surface area contributed by atoms with Gasteiger partial charge in [0, 0.05) is 19.1 Å². The van der Waals surface area contributed by atoms with Crippen molar-refractivity contribution in [1.29, 1.82) is 5.26 Å². The minimum absolute atomic E-state index is 0.259. The van der Waals surface area contributed by atoms with Gasteiger partial charge in [0.15, 0.2) is 0 Å². The molecular formula is C12H22N2O. The highest BCUT2D eigenvalue weighted by Crippen LogP contribution is 2.30. The van der Waals surface area contributed by atoms with E-state index in [4.69, 9.17) is 4.74 Å². The molecule has 3 heteroatoms. The monoisotopic (exact) mass is 210 g/mol. The molecule has 0 aromatic heterocycles. The van der Waals surface area contributed by atoms with E-state index in [1.165, 1.54) is 0 Å². The van der Waals surface area contributed by atoms with Gasteiger partial charge in [0.05, 0.1) is 12.2 Å². The molecule has 0 aromatic rings. The maximum absolute atomic E-state index is 9.31. The fraction of sp³-hybridized carbons (Fsp3) is 0.917. The van der Waals surface area contributed by atoms with Gasteiger partial charge in [-0.05, 0) is 40.0 Å². The zero-order valence-corrected chi connectivity index (χ0v) is 10.0. The summed E-state index contributed by atoms with van der Waals surface area (Å²) in [5, 5.41) is 12.7. The summed E-state index contributed by atoms with van der Waals surface area (Å²) in [6.07, 6.45) is 4.21. The van der Waals surface area contributed by atoms with Crippen LogP contribution < -0.4 is 5.32 Å². The summed E-state index contributed by atoms with van der Waals surface area (Å²) in [4.78, 5) is 0. The molecule has 2 atom stereocenters. The second-order valence-electron chi connectivity index (χ2n) is 4.67. The second-order valence-corrected chi connectivity index (χ2v) is 4.67. The molecule has 15 heavy (non-hydrogen) atoms. The lowest BCUT2D eigenvalue weighted by Crippen LogP contribution is -2.52. The first-order chi connectivity index (χ1) is 7.12. The molecule has 1 fully saturated rings. The lowest BCUT2D eigenvalue weighted by Gasteiger charge is -2.37. The van der Waals surface area contributed by atoms with Gasteiger partial charge in [-0.1, -0.05) is 0 Å². The van der Waals surface area contributed by atoms with Crippen LogP contribution in [0, 0.1) is 11.3 Å². The van der Waals surface area contributed by atoms with E-state index in [-0.39, 0.29) is 11.6 Å². The third-order valence-corrected chi connectivity index (χ3v) is 2.89. The summed E-state index contributed by atoms with van der Waals surface area (Å²) < 4.78 is 5.63. The van der Waals surface area contributed by atoms with Crippen molar-refractivity contribution in [2.45, 2.75) is 64.1 Å². The third kappa shape index (κ3) is 3.48. The highest BCUT2D eigenvalue weighted by molar-refractivity contribution is 5.10. The molecule has 1 N–H and O–H groups in total. The lowest BCUT2D eigenvalue weighted by molar-refractivity contribution is 0.0148. The maximum Gasteiger partial charge on any atom is 0.109 e. The van der Waals surface area contributed by atoms with Gasteiger partial charge in [-0.3, -0.25) is 5.32 Å². The third-order valence-electron chi connectivity index (χ3n) is 2.89. The smallest absolute Gasteiger partial charge is 0.109 e. The van der Waals surface area contributed by atoms with Crippen LogP contribution in [0.5, 0.6) is 0 Å². The van der Waals surface area contributed by atoms with Gasteiger partial charge < -0.3 is 4.74 Å². The zero-order valence-electron chi connectivity index (χ0n) is 10.0. The molecule has 0 spiro atoms. The number of hydrogen-bond donors (Lipinski definition) is 1. The number of hydrogen-bond acceptors (Lipinski definition) is 3. The molecule has 1 saturated carbocycles. The topological polar surface area (TPSA) is 45.0 Å². The van der Waals surface area contributed by atoms with Crippen molar-refractivity contribution < 1.29 is 4.74 Å². The normalized spacial score (nSPS) is 31.5. The molecule has 0 amide bonds. The van der Waals surface area contributed by atoms with Crippen LogP contribution in [0.15, 0.2) is 0 Å². The van der Waals surface area contributed by atoms with Crippen molar-refractivity contribution in [1.82, 2.24) is 5.32 Å². The van der Waals surface area contributed by atoms with Crippen LogP contribution in [-0.4, -0.2) is 24.3 Å². The lowest BCUT2D eigenvalue weighted by atomic mass is 9.80. The molecule has 2 unspecified atom stereocenters. The Hall–Kier alpha value is -0.590. The van der Waals surface area contributed by atoms with Gasteiger partial charge in [-0.15, -0.1) is 0 Å². The first-order valence-corrected chi connectivity index (χ1v) is 5.92. The van der Waals surface area contributed by atoms with Crippen LogP contribution in [-0.2, 0) is 4.74 Å². The van der Waals surface area contributed by atoms with E-state index < -0.39 is 0 Å². The standard InChI is InChI=1S/C12H22N2O/c1-4-15-11-6-5-7-12(8-11,9-13)14-10(2)3/h10-11,14H,4-8H2,1-3H3. The molecule has 0 aliphatic heterocycles. The Morgan fingerprint density at radius 3 is 2.87 bits per heavy atom. The second kappa shape index (κ2) is 5.48. The number of nitriles is 1. The molecule has 0 saturated heterocycles. The van der Waals surface area contributed by atoms with Gasteiger partial charge in [-0.2, -0.15) is 5.26 Å². The average Bonchev–Trinajstić information content (AvgIpc) is 2.18. The van der Waals surface area contributed by atoms with Crippen molar-refractivity contribution >= 4 is 0 Å². The Morgan fingerprint density at radius 2 is 2.33 bits per heavy atom. The predicted octanol–water partition coefficient (Wildman–Crippen LogP) is 2.23. The number of nitrogens with zero attached hydrogens (tertiary/aromatic N) is 1. The first kappa shape index (κ1) is 12.5. The number of rotatable bonds is 4. The molecule has 0 bridgehead atoms. The fourth-order valence-corrected chi connectivity index (χ4v) is 2.42. The summed E-state index contributed by atoms with van der Waals surface area (Å²) in [5.74, 6) is 0. The summed E-state index contributed by atoms with van der Waals surface area (Å²) in [5.41, 5.74) is -0.355. The molecule has 0 aromatic carbocycles. The summed E-state index contributed by atoms with van der Waals surface area (Å²) in [6.45, 7) is 6.93. The molecule has 3 nitrogen and oxygen atoms in total. The van der Waals surface area contributed by atoms with Gasteiger partial charge in [0.25, 0.3) is 0 Å². The Kier molecular flexibility index (Phi) is 4.56.